The third kappa shape index (κ3) is 12.8. The van der Waals surface area contributed by atoms with Gasteiger partial charge in [-0.25, -0.2) is 0 Å². The van der Waals surface area contributed by atoms with Gasteiger partial charge in [0, 0.05) is 18.8 Å². The fourth-order valence-corrected chi connectivity index (χ4v) is 5.39. The van der Waals surface area contributed by atoms with Gasteiger partial charge in [-0.05, 0) is 48.6 Å². The molecule has 1 aliphatic rings. The molecule has 0 fully saturated rings. The van der Waals surface area contributed by atoms with Crippen LogP contribution in [-0.2, 0) is 11.2 Å². The van der Waals surface area contributed by atoms with Crippen LogP contribution in [0.4, 0.5) is 5.69 Å². The number of nitrogens with zero attached hydrogens (tertiary/aromatic N) is 1. The molecule has 192 valence electrons. The summed E-state index contributed by atoms with van der Waals surface area (Å²) in [6.07, 6.45) is 32.5. The molecule has 0 radical (unpaired) electrons. The summed E-state index contributed by atoms with van der Waals surface area (Å²) in [5.74, 6) is 0. The molecule has 0 aromatic heterocycles. The van der Waals surface area contributed by atoms with Crippen molar-refractivity contribution < 1.29 is 4.79 Å². The van der Waals surface area contributed by atoms with Crippen molar-refractivity contribution in [3.63, 3.8) is 0 Å². The van der Waals surface area contributed by atoms with Gasteiger partial charge in [0.2, 0.25) is 0 Å². The first-order valence-corrected chi connectivity index (χ1v) is 14.8. The summed E-state index contributed by atoms with van der Waals surface area (Å²) >= 11 is 0. The van der Waals surface area contributed by atoms with Gasteiger partial charge in [0.05, 0.1) is 0 Å². The van der Waals surface area contributed by atoms with E-state index in [1.807, 2.05) is 6.08 Å². The molecule has 0 amide bonds. The number of aryl methyl sites for hydroxylation is 1. The summed E-state index contributed by atoms with van der Waals surface area (Å²) in [6, 6.07) is 6.66. The smallest absolute Gasteiger partial charge is 0.142 e. The van der Waals surface area contributed by atoms with Crippen LogP contribution in [0.2, 0.25) is 0 Å². The number of fused-ring (bicyclic) bond motifs is 1. The van der Waals surface area contributed by atoms with Gasteiger partial charge in [-0.2, -0.15) is 0 Å². The van der Waals surface area contributed by atoms with Gasteiger partial charge in [-0.15, -0.1) is 0 Å². The predicted octanol–water partition coefficient (Wildman–Crippen LogP) is 9.69. The lowest BCUT2D eigenvalue weighted by Gasteiger charge is -2.31. The normalized spacial score (nSPS) is 13.5. The van der Waals surface area contributed by atoms with Gasteiger partial charge in [0.15, 0.2) is 0 Å². The maximum absolute atomic E-state index is 10.6. The number of carbonyl (C=O) groups is 1. The summed E-state index contributed by atoms with van der Waals surface area (Å²) < 4.78 is 0. The van der Waals surface area contributed by atoms with Crippen LogP contribution in [0.1, 0.15) is 140 Å². The summed E-state index contributed by atoms with van der Waals surface area (Å²) in [4.78, 5) is 13.1. The van der Waals surface area contributed by atoms with Gasteiger partial charge in [0.25, 0.3) is 0 Å². The van der Waals surface area contributed by atoms with Gasteiger partial charge in [-0.1, -0.05) is 128 Å². The first-order valence-electron chi connectivity index (χ1n) is 14.8. The Morgan fingerprint density at radius 3 is 1.79 bits per heavy atom. The quantitative estimate of drug-likeness (QED) is 0.102. The standard InChI is InChI=1S/C32H53NO/c1-2-3-4-5-6-7-8-9-10-11-12-13-14-15-16-17-18-19-26-33-27-20-23-31-29-30(22-21-28-34)24-25-32(31)33/h21-22,24-25,28-29H,2-20,23,26-27H2,1H3. The second-order valence-electron chi connectivity index (χ2n) is 10.5. The Kier molecular flexibility index (Phi) is 16.6. The zero-order chi connectivity index (χ0) is 24.1. The van der Waals surface area contributed by atoms with Gasteiger partial charge in [0.1, 0.15) is 6.29 Å². The number of hydrogen-bond donors (Lipinski definition) is 0. The maximum Gasteiger partial charge on any atom is 0.142 e. The van der Waals surface area contributed by atoms with Crippen molar-refractivity contribution >= 4 is 18.0 Å². The lowest BCUT2D eigenvalue weighted by Crippen LogP contribution is -2.30. The van der Waals surface area contributed by atoms with Crippen molar-refractivity contribution in [1.29, 1.82) is 0 Å². The summed E-state index contributed by atoms with van der Waals surface area (Å²) in [5.41, 5.74) is 4.00. The molecule has 1 aliphatic heterocycles. The molecule has 2 heteroatoms. The fraction of sp³-hybridized carbons (Fsp3) is 0.719. The molecule has 0 atom stereocenters. The first kappa shape index (κ1) is 28.7. The lowest BCUT2D eigenvalue weighted by atomic mass is 9.98. The predicted molar refractivity (Wildman–Crippen MR) is 151 cm³/mol. The third-order valence-corrected chi connectivity index (χ3v) is 7.47. The summed E-state index contributed by atoms with van der Waals surface area (Å²) in [7, 11) is 0. The van der Waals surface area contributed by atoms with Crippen LogP contribution < -0.4 is 4.90 Å². The van der Waals surface area contributed by atoms with Crippen LogP contribution in [-0.4, -0.2) is 19.4 Å². The monoisotopic (exact) mass is 467 g/mol. The van der Waals surface area contributed by atoms with E-state index in [0.717, 1.165) is 18.3 Å². The van der Waals surface area contributed by atoms with Crippen molar-refractivity contribution in [1.82, 2.24) is 0 Å². The van der Waals surface area contributed by atoms with Crippen molar-refractivity contribution in [2.24, 2.45) is 0 Å². The molecule has 0 spiro atoms. The number of anilines is 1. The van der Waals surface area contributed by atoms with E-state index in [-0.39, 0.29) is 0 Å². The molecule has 0 N–H and O–H groups in total. The van der Waals surface area contributed by atoms with Gasteiger partial charge in [-0.3, -0.25) is 4.79 Å². The third-order valence-electron chi connectivity index (χ3n) is 7.47. The Morgan fingerprint density at radius 1 is 0.735 bits per heavy atom. The molecule has 2 rings (SSSR count). The number of allylic oxidation sites excluding steroid dienone is 1. The molecule has 1 aromatic carbocycles. The number of benzene rings is 1. The van der Waals surface area contributed by atoms with E-state index in [0.29, 0.717) is 0 Å². The zero-order valence-corrected chi connectivity index (χ0v) is 22.4. The minimum absolute atomic E-state index is 0.852. The van der Waals surface area contributed by atoms with E-state index in [4.69, 9.17) is 0 Å². The molecular formula is C32H53NO. The molecule has 0 aliphatic carbocycles. The molecule has 2 nitrogen and oxygen atoms in total. The number of unbranched alkanes of at least 4 members (excludes halogenated alkanes) is 17. The van der Waals surface area contributed by atoms with E-state index in [1.165, 1.54) is 146 Å². The van der Waals surface area contributed by atoms with Crippen molar-refractivity contribution in [3.8, 4) is 0 Å². The largest absolute Gasteiger partial charge is 0.371 e. The average Bonchev–Trinajstić information content (AvgIpc) is 2.86. The lowest BCUT2D eigenvalue weighted by molar-refractivity contribution is -0.104. The van der Waals surface area contributed by atoms with Crippen LogP contribution in [0.15, 0.2) is 24.3 Å². The SMILES string of the molecule is CCCCCCCCCCCCCCCCCCCCN1CCCc2cc(C=CC=O)ccc21. The van der Waals surface area contributed by atoms with Crippen LogP contribution in [0.3, 0.4) is 0 Å². The highest BCUT2D eigenvalue weighted by molar-refractivity contribution is 5.74. The van der Waals surface area contributed by atoms with Crippen molar-refractivity contribution in [3.05, 3.63) is 35.4 Å². The zero-order valence-electron chi connectivity index (χ0n) is 22.4. The number of aldehydes is 1. The molecule has 0 saturated carbocycles. The average molecular weight is 468 g/mol. The van der Waals surface area contributed by atoms with Crippen LogP contribution in [0, 0.1) is 0 Å². The van der Waals surface area contributed by atoms with Crippen LogP contribution >= 0.6 is 0 Å². The Balaban J connectivity index is 1.40. The Morgan fingerprint density at radius 2 is 1.26 bits per heavy atom. The molecule has 34 heavy (non-hydrogen) atoms. The highest BCUT2D eigenvalue weighted by Crippen LogP contribution is 2.29. The number of carbonyl (C=O) groups excluding carboxylic acids is 1. The first-order chi connectivity index (χ1) is 16.8. The van der Waals surface area contributed by atoms with E-state index >= 15 is 0 Å². The molecule has 1 aromatic rings. The van der Waals surface area contributed by atoms with Gasteiger partial charge < -0.3 is 4.90 Å². The van der Waals surface area contributed by atoms with Crippen molar-refractivity contribution in [2.75, 3.05) is 18.0 Å². The number of hydrogen-bond acceptors (Lipinski definition) is 2. The highest BCUT2D eigenvalue weighted by atomic mass is 16.1. The fourth-order valence-electron chi connectivity index (χ4n) is 5.39. The Labute approximate surface area is 211 Å². The summed E-state index contributed by atoms with van der Waals surface area (Å²) in [5, 5.41) is 0. The van der Waals surface area contributed by atoms with Crippen LogP contribution in [0.5, 0.6) is 0 Å². The topological polar surface area (TPSA) is 20.3 Å². The molecule has 0 bridgehead atoms. The molecular weight excluding hydrogens is 414 g/mol. The van der Waals surface area contributed by atoms with E-state index in [9.17, 15) is 4.79 Å². The van der Waals surface area contributed by atoms with E-state index < -0.39 is 0 Å². The Hall–Kier alpha value is -1.57. The van der Waals surface area contributed by atoms with E-state index in [1.54, 1.807) is 6.08 Å². The molecule has 0 unspecified atom stereocenters. The van der Waals surface area contributed by atoms with E-state index in [2.05, 4.69) is 30.0 Å². The van der Waals surface area contributed by atoms with Gasteiger partial charge >= 0.3 is 0 Å². The summed E-state index contributed by atoms with van der Waals surface area (Å²) in [6.45, 7) is 4.68. The minimum Gasteiger partial charge on any atom is -0.371 e. The number of rotatable bonds is 21. The minimum atomic E-state index is 0.852. The molecule has 1 heterocycles. The molecule has 0 saturated heterocycles. The van der Waals surface area contributed by atoms with Crippen molar-refractivity contribution in [2.45, 2.75) is 135 Å². The Bertz CT molecular complexity index is 665. The highest BCUT2D eigenvalue weighted by Gasteiger charge is 2.16. The maximum atomic E-state index is 10.6. The van der Waals surface area contributed by atoms with Crippen LogP contribution in [0.25, 0.3) is 6.08 Å². The second kappa shape index (κ2) is 19.7. The second-order valence-corrected chi connectivity index (χ2v) is 10.5.